The number of cyclic esters (lactones) is 1. The maximum atomic E-state index is 13.1. The molecule has 0 aromatic heterocycles. The highest BCUT2D eigenvalue weighted by Crippen LogP contribution is 2.34. The number of rotatable bonds is 20. The van der Waals surface area contributed by atoms with Gasteiger partial charge in [-0.15, -0.1) is 0 Å². The summed E-state index contributed by atoms with van der Waals surface area (Å²) in [6.45, 7) is 4.41. The Balaban J connectivity index is 1.87. The van der Waals surface area contributed by atoms with Crippen molar-refractivity contribution < 1.29 is 23.9 Å². The van der Waals surface area contributed by atoms with Crippen molar-refractivity contribution in [2.45, 2.75) is 142 Å². The van der Waals surface area contributed by atoms with E-state index in [0.717, 1.165) is 44.9 Å². The second kappa shape index (κ2) is 17.6. The normalized spacial score (nSPS) is 24.1. The van der Waals surface area contributed by atoms with Crippen molar-refractivity contribution in [3.8, 4) is 0 Å². The van der Waals surface area contributed by atoms with E-state index in [1.165, 1.54) is 51.4 Å². The van der Waals surface area contributed by atoms with Crippen LogP contribution in [0.25, 0.3) is 0 Å². The summed E-state index contributed by atoms with van der Waals surface area (Å²) in [5.74, 6) is -2.01. The lowest BCUT2D eigenvalue weighted by Gasteiger charge is -2.37. The number of primary amides is 1. The third-order valence-corrected chi connectivity index (χ3v) is 7.90. The number of nitrogens with two attached hydrogens (primary N) is 1. The third kappa shape index (κ3) is 10.6. The Morgan fingerprint density at radius 2 is 1.44 bits per heavy atom. The number of carbonyl (C=O) groups excluding carboxylic acids is 3. The highest BCUT2D eigenvalue weighted by atomic mass is 16.6. The van der Waals surface area contributed by atoms with Crippen molar-refractivity contribution in [1.29, 1.82) is 0 Å². The van der Waals surface area contributed by atoms with Gasteiger partial charge in [0, 0.05) is 6.42 Å². The summed E-state index contributed by atoms with van der Waals surface area (Å²) in [7, 11) is 0. The molecule has 0 spiro atoms. The Labute approximate surface area is 219 Å². The number of ether oxygens (including phenoxy) is 2. The quantitative estimate of drug-likeness (QED) is 0.112. The average Bonchev–Trinajstić information content (AvgIpc) is 2.87. The summed E-state index contributed by atoms with van der Waals surface area (Å²) in [6.07, 6.45) is 22.1. The van der Waals surface area contributed by atoms with Crippen LogP contribution in [-0.2, 0) is 23.9 Å². The van der Waals surface area contributed by atoms with Gasteiger partial charge in [0.1, 0.15) is 12.2 Å². The summed E-state index contributed by atoms with van der Waals surface area (Å²) in [4.78, 5) is 37.1. The van der Waals surface area contributed by atoms with E-state index in [9.17, 15) is 14.4 Å². The maximum absolute atomic E-state index is 13.1. The van der Waals surface area contributed by atoms with Crippen molar-refractivity contribution in [3.05, 3.63) is 12.2 Å². The molecule has 36 heavy (non-hydrogen) atoms. The van der Waals surface area contributed by atoms with Crippen LogP contribution in [0.4, 0.5) is 0 Å². The van der Waals surface area contributed by atoms with Gasteiger partial charge in [0.05, 0.1) is 17.8 Å². The fraction of sp³-hybridized carbons (Fsp3) is 0.833. The molecule has 1 saturated heterocycles. The molecule has 1 aliphatic carbocycles. The molecule has 1 fully saturated rings. The standard InChI is InChI=1S/C30H51NO5/c1-3-5-7-9-10-11-12-13-14-18-23(22-27-26(30(34)36-27)21-15-8-6-4-2)35-29(33)25-20-17-16-19-24(25)28(31)32/h16-17,23-27H,3-15,18-22H2,1-2H3,(H2,31,32)/t23-,24-,25+,26-,27-/m0/s1. The zero-order chi connectivity index (χ0) is 26.2. The fourth-order valence-electron chi connectivity index (χ4n) is 5.51. The van der Waals surface area contributed by atoms with Crippen LogP contribution in [-0.4, -0.2) is 30.1 Å². The van der Waals surface area contributed by atoms with Crippen LogP contribution in [0.5, 0.6) is 0 Å². The molecule has 2 rings (SSSR count). The largest absolute Gasteiger partial charge is 0.462 e. The van der Waals surface area contributed by atoms with E-state index in [-0.39, 0.29) is 30.1 Å². The van der Waals surface area contributed by atoms with E-state index in [1.807, 2.05) is 12.2 Å². The first-order valence-electron chi connectivity index (χ1n) is 14.8. The molecule has 1 amide bonds. The van der Waals surface area contributed by atoms with Gasteiger partial charge in [-0.1, -0.05) is 103 Å². The predicted molar refractivity (Wildman–Crippen MR) is 143 cm³/mol. The second-order valence-electron chi connectivity index (χ2n) is 10.9. The van der Waals surface area contributed by atoms with E-state index in [2.05, 4.69) is 13.8 Å². The first-order chi connectivity index (χ1) is 17.5. The number of amides is 1. The Bertz CT molecular complexity index is 691. The number of hydrogen-bond acceptors (Lipinski definition) is 5. The van der Waals surface area contributed by atoms with Gasteiger partial charge in [-0.3, -0.25) is 14.4 Å². The van der Waals surface area contributed by atoms with Gasteiger partial charge in [-0.2, -0.15) is 0 Å². The van der Waals surface area contributed by atoms with Gasteiger partial charge in [-0.25, -0.2) is 0 Å². The number of carbonyl (C=O) groups is 3. The van der Waals surface area contributed by atoms with Crippen LogP contribution < -0.4 is 5.73 Å². The van der Waals surface area contributed by atoms with Gasteiger partial charge in [0.25, 0.3) is 0 Å². The molecule has 1 heterocycles. The van der Waals surface area contributed by atoms with Crippen LogP contribution in [0.3, 0.4) is 0 Å². The van der Waals surface area contributed by atoms with Gasteiger partial charge in [0.15, 0.2) is 0 Å². The van der Waals surface area contributed by atoms with Crippen LogP contribution in [0.15, 0.2) is 12.2 Å². The molecule has 1 aliphatic heterocycles. The first-order valence-corrected chi connectivity index (χ1v) is 14.8. The van der Waals surface area contributed by atoms with Crippen LogP contribution in [0, 0.1) is 17.8 Å². The summed E-state index contributed by atoms with van der Waals surface area (Å²) in [6, 6.07) is 0. The summed E-state index contributed by atoms with van der Waals surface area (Å²) >= 11 is 0. The average molecular weight is 506 g/mol. The highest BCUT2D eigenvalue weighted by Gasteiger charge is 2.44. The monoisotopic (exact) mass is 505 g/mol. The lowest BCUT2D eigenvalue weighted by Crippen LogP contribution is -2.47. The Morgan fingerprint density at radius 3 is 2.03 bits per heavy atom. The zero-order valence-electron chi connectivity index (χ0n) is 22.9. The molecule has 0 bridgehead atoms. The molecule has 2 N–H and O–H groups in total. The Kier molecular flexibility index (Phi) is 14.8. The number of allylic oxidation sites excluding steroid dienone is 2. The molecule has 0 saturated carbocycles. The molecular formula is C30H51NO5. The maximum Gasteiger partial charge on any atom is 0.313 e. The van der Waals surface area contributed by atoms with Crippen molar-refractivity contribution in [2.24, 2.45) is 23.5 Å². The summed E-state index contributed by atoms with van der Waals surface area (Å²) < 4.78 is 11.5. The zero-order valence-corrected chi connectivity index (χ0v) is 22.9. The van der Waals surface area contributed by atoms with E-state index < -0.39 is 17.7 Å². The van der Waals surface area contributed by atoms with Gasteiger partial charge < -0.3 is 15.2 Å². The van der Waals surface area contributed by atoms with Gasteiger partial charge in [0.2, 0.25) is 5.91 Å². The number of unbranched alkanes of at least 4 members (excludes halogenated alkanes) is 11. The molecule has 6 nitrogen and oxygen atoms in total. The third-order valence-electron chi connectivity index (χ3n) is 7.90. The molecule has 0 radical (unpaired) electrons. The van der Waals surface area contributed by atoms with Crippen molar-refractivity contribution in [2.75, 3.05) is 0 Å². The lowest BCUT2D eigenvalue weighted by molar-refractivity contribution is -0.191. The van der Waals surface area contributed by atoms with E-state index in [4.69, 9.17) is 15.2 Å². The molecule has 2 aliphatic rings. The lowest BCUT2D eigenvalue weighted by atomic mass is 9.82. The van der Waals surface area contributed by atoms with E-state index in [1.54, 1.807) is 0 Å². The van der Waals surface area contributed by atoms with Crippen molar-refractivity contribution in [3.63, 3.8) is 0 Å². The SMILES string of the molecule is CCCCCCCCCCC[C@@H](C[C@@H]1OC(=O)[C@H]1CCCCCC)OC(=O)[C@@H]1CC=CC[C@@H]1C(N)=O. The van der Waals surface area contributed by atoms with Crippen LogP contribution >= 0.6 is 0 Å². The van der Waals surface area contributed by atoms with Crippen LogP contribution in [0.1, 0.15) is 129 Å². The minimum absolute atomic E-state index is 0.0813. The van der Waals surface area contributed by atoms with Gasteiger partial charge in [-0.05, 0) is 32.1 Å². The molecule has 0 aromatic carbocycles. The minimum Gasteiger partial charge on any atom is -0.462 e. The van der Waals surface area contributed by atoms with Gasteiger partial charge >= 0.3 is 11.9 Å². The molecule has 5 atom stereocenters. The molecule has 6 heteroatoms. The molecule has 0 aromatic rings. The minimum atomic E-state index is -0.521. The second-order valence-corrected chi connectivity index (χ2v) is 10.9. The van der Waals surface area contributed by atoms with Crippen LogP contribution in [0.2, 0.25) is 0 Å². The van der Waals surface area contributed by atoms with Crippen molar-refractivity contribution in [1.82, 2.24) is 0 Å². The topological polar surface area (TPSA) is 95.7 Å². The summed E-state index contributed by atoms with van der Waals surface area (Å²) in [5, 5.41) is 0. The fourth-order valence-corrected chi connectivity index (χ4v) is 5.51. The first kappa shape index (κ1) is 30.4. The predicted octanol–water partition coefficient (Wildman–Crippen LogP) is 6.79. The number of esters is 2. The van der Waals surface area contributed by atoms with Crippen molar-refractivity contribution >= 4 is 17.8 Å². The molecular weight excluding hydrogens is 454 g/mol. The molecule has 206 valence electrons. The number of hydrogen-bond donors (Lipinski definition) is 1. The Morgan fingerprint density at radius 1 is 0.889 bits per heavy atom. The molecule has 0 unspecified atom stereocenters. The van der Waals surface area contributed by atoms with E-state index >= 15 is 0 Å². The smallest absolute Gasteiger partial charge is 0.313 e. The summed E-state index contributed by atoms with van der Waals surface area (Å²) in [5.41, 5.74) is 5.57. The van der Waals surface area contributed by atoms with E-state index in [0.29, 0.717) is 19.3 Å². The Hall–Kier alpha value is -1.85. The highest BCUT2D eigenvalue weighted by molar-refractivity contribution is 5.85.